The first-order chi connectivity index (χ1) is 10.6. The predicted molar refractivity (Wildman–Crippen MR) is 110 cm³/mol. The van der Waals surface area contributed by atoms with Crippen LogP contribution in [0.2, 0.25) is 0 Å². The first-order valence-corrected chi connectivity index (χ1v) is 10.6. The fourth-order valence-electron chi connectivity index (χ4n) is 2.09. The number of guanidine groups is 1. The van der Waals surface area contributed by atoms with Crippen molar-refractivity contribution >= 4 is 63.1 Å². The van der Waals surface area contributed by atoms with Crippen molar-refractivity contribution in [2.75, 3.05) is 32.4 Å². The summed E-state index contributed by atoms with van der Waals surface area (Å²) in [4.78, 5) is 4.14. The lowest BCUT2D eigenvalue weighted by atomic mass is 10.2. The van der Waals surface area contributed by atoms with Crippen LogP contribution in [0, 0.1) is 0 Å². The zero-order chi connectivity index (χ0) is 15.8. The highest BCUT2D eigenvalue weighted by atomic mass is 127. The Bertz CT molecular complexity index is 572. The lowest BCUT2D eigenvalue weighted by Gasteiger charge is -2.14. The average Bonchev–Trinajstić information content (AvgIpc) is 3.20. The summed E-state index contributed by atoms with van der Waals surface area (Å²) in [5.41, 5.74) is 0. The highest BCUT2D eigenvalue weighted by Gasteiger charge is 2.16. The van der Waals surface area contributed by atoms with Gasteiger partial charge in [0.05, 0.1) is 0 Å². The number of thioether (sulfide) groups is 1. The molecule has 2 rings (SSSR count). The van der Waals surface area contributed by atoms with E-state index in [1.54, 1.807) is 24.6 Å². The summed E-state index contributed by atoms with van der Waals surface area (Å²) in [6.45, 7) is 1.70. The van der Waals surface area contributed by atoms with Gasteiger partial charge in [-0.3, -0.25) is 4.99 Å². The summed E-state index contributed by atoms with van der Waals surface area (Å²) in [5.74, 6) is 1.95. The molecule has 1 aliphatic rings. The number of nitrogens with zero attached hydrogens (tertiary/aromatic N) is 1. The van der Waals surface area contributed by atoms with E-state index in [9.17, 15) is 8.42 Å². The maximum Gasteiger partial charge on any atom is 0.250 e. The van der Waals surface area contributed by atoms with Gasteiger partial charge in [0, 0.05) is 31.9 Å². The second-order valence-corrected chi connectivity index (χ2v) is 9.19. The van der Waals surface area contributed by atoms with Crippen LogP contribution in [0.25, 0.3) is 0 Å². The summed E-state index contributed by atoms with van der Waals surface area (Å²) in [6.07, 6.45) is 2.53. The number of sulfonamides is 1. The van der Waals surface area contributed by atoms with Crippen molar-refractivity contribution in [2.24, 2.45) is 4.99 Å². The topological polar surface area (TPSA) is 82.6 Å². The van der Waals surface area contributed by atoms with Crippen molar-refractivity contribution in [3.63, 3.8) is 0 Å². The van der Waals surface area contributed by atoms with Crippen LogP contribution in [0.4, 0.5) is 0 Å². The smallest absolute Gasteiger partial charge is 0.250 e. The third-order valence-electron chi connectivity index (χ3n) is 3.21. The molecule has 1 atom stereocenters. The molecule has 1 saturated heterocycles. The number of thiophene rings is 1. The van der Waals surface area contributed by atoms with Crippen LogP contribution < -0.4 is 15.4 Å². The standard InChI is InChI=1S/C13H22N4O2S3.HI/c1-14-13(16-10-11-4-2-8-20-11)15-6-7-17-22(18,19)12-5-3-9-21-12;/h3,5,9,11,17H,2,4,6-8,10H2,1H3,(H2,14,15,16);1H. The van der Waals surface area contributed by atoms with Gasteiger partial charge in [-0.1, -0.05) is 6.07 Å². The minimum Gasteiger partial charge on any atom is -0.355 e. The van der Waals surface area contributed by atoms with Gasteiger partial charge in [0.2, 0.25) is 10.0 Å². The molecule has 0 saturated carbocycles. The number of halogens is 1. The minimum atomic E-state index is -3.38. The van der Waals surface area contributed by atoms with Gasteiger partial charge in [0.1, 0.15) is 4.21 Å². The van der Waals surface area contributed by atoms with E-state index in [-0.39, 0.29) is 24.0 Å². The largest absolute Gasteiger partial charge is 0.355 e. The lowest BCUT2D eigenvalue weighted by Crippen LogP contribution is -2.43. The van der Waals surface area contributed by atoms with Gasteiger partial charge in [0.15, 0.2) is 5.96 Å². The van der Waals surface area contributed by atoms with Crippen LogP contribution in [0.5, 0.6) is 0 Å². The minimum absolute atomic E-state index is 0. The quantitative estimate of drug-likeness (QED) is 0.235. The first kappa shape index (κ1) is 21.0. The maximum atomic E-state index is 11.9. The monoisotopic (exact) mass is 490 g/mol. The van der Waals surface area contributed by atoms with Crippen molar-refractivity contribution in [3.05, 3.63) is 17.5 Å². The molecule has 0 amide bonds. The molecule has 2 heterocycles. The zero-order valence-electron chi connectivity index (χ0n) is 12.9. The van der Waals surface area contributed by atoms with Gasteiger partial charge in [-0.2, -0.15) is 11.8 Å². The predicted octanol–water partition coefficient (Wildman–Crippen LogP) is 1.71. The Morgan fingerprint density at radius 3 is 2.83 bits per heavy atom. The second kappa shape index (κ2) is 10.7. The van der Waals surface area contributed by atoms with E-state index < -0.39 is 10.0 Å². The van der Waals surface area contributed by atoms with Crippen LogP contribution in [0.3, 0.4) is 0 Å². The number of hydrogen-bond acceptors (Lipinski definition) is 5. The molecule has 132 valence electrons. The van der Waals surface area contributed by atoms with E-state index in [1.807, 2.05) is 11.8 Å². The highest BCUT2D eigenvalue weighted by molar-refractivity contribution is 14.0. The van der Waals surface area contributed by atoms with Crippen molar-refractivity contribution < 1.29 is 8.42 Å². The molecule has 1 aliphatic heterocycles. The van der Waals surface area contributed by atoms with Gasteiger partial charge in [0.25, 0.3) is 0 Å². The lowest BCUT2D eigenvalue weighted by molar-refractivity contribution is 0.582. The van der Waals surface area contributed by atoms with Crippen molar-refractivity contribution in [1.29, 1.82) is 0 Å². The fraction of sp³-hybridized carbons (Fsp3) is 0.615. The third kappa shape index (κ3) is 7.16. The van der Waals surface area contributed by atoms with E-state index in [0.29, 0.717) is 28.5 Å². The molecule has 1 aromatic heterocycles. The molecular formula is C13H23IN4O2S3. The van der Waals surface area contributed by atoms with Crippen LogP contribution in [0.1, 0.15) is 12.8 Å². The number of rotatable bonds is 7. The molecule has 1 unspecified atom stereocenters. The fourth-order valence-corrected chi connectivity index (χ4v) is 5.36. The Morgan fingerprint density at radius 1 is 1.39 bits per heavy atom. The average molecular weight is 490 g/mol. The summed E-state index contributed by atoms with van der Waals surface area (Å²) < 4.78 is 26.8. The van der Waals surface area contributed by atoms with E-state index in [0.717, 1.165) is 6.54 Å². The normalized spacial score (nSPS) is 18.5. The Balaban J connectivity index is 0.00000264. The summed E-state index contributed by atoms with van der Waals surface area (Å²) in [5, 5.41) is 8.80. The van der Waals surface area contributed by atoms with Crippen LogP contribution in [0.15, 0.2) is 26.7 Å². The van der Waals surface area contributed by atoms with E-state index >= 15 is 0 Å². The Hall–Kier alpha value is -0.0400. The van der Waals surface area contributed by atoms with Crippen LogP contribution >= 0.6 is 47.1 Å². The van der Waals surface area contributed by atoms with E-state index in [4.69, 9.17) is 0 Å². The van der Waals surface area contributed by atoms with Crippen molar-refractivity contribution in [1.82, 2.24) is 15.4 Å². The molecule has 0 bridgehead atoms. The van der Waals surface area contributed by atoms with Gasteiger partial charge in [-0.25, -0.2) is 13.1 Å². The van der Waals surface area contributed by atoms with Gasteiger partial charge in [-0.05, 0) is 30.0 Å². The summed E-state index contributed by atoms with van der Waals surface area (Å²) in [6, 6.07) is 3.32. The molecule has 10 heteroatoms. The zero-order valence-corrected chi connectivity index (χ0v) is 17.7. The third-order valence-corrected chi connectivity index (χ3v) is 7.47. The van der Waals surface area contributed by atoms with E-state index in [1.165, 1.54) is 29.9 Å². The molecule has 23 heavy (non-hydrogen) atoms. The molecule has 1 aromatic rings. The molecular weight excluding hydrogens is 467 g/mol. The van der Waals surface area contributed by atoms with Crippen molar-refractivity contribution in [3.8, 4) is 0 Å². The summed E-state index contributed by atoms with van der Waals surface area (Å²) >= 11 is 3.20. The van der Waals surface area contributed by atoms with Gasteiger partial charge < -0.3 is 10.6 Å². The highest BCUT2D eigenvalue weighted by Crippen LogP contribution is 2.25. The Labute approximate surface area is 163 Å². The molecule has 3 N–H and O–H groups in total. The molecule has 0 aromatic carbocycles. The van der Waals surface area contributed by atoms with Crippen molar-refractivity contribution in [2.45, 2.75) is 22.3 Å². The SMILES string of the molecule is CN=C(NCCNS(=O)(=O)c1cccs1)NCC1CCCS1.I. The number of aliphatic imine (C=N–C) groups is 1. The first-order valence-electron chi connectivity index (χ1n) is 7.21. The van der Waals surface area contributed by atoms with Gasteiger partial charge in [-0.15, -0.1) is 35.3 Å². The molecule has 6 nitrogen and oxygen atoms in total. The molecule has 0 spiro atoms. The molecule has 0 radical (unpaired) electrons. The number of hydrogen-bond donors (Lipinski definition) is 3. The Morgan fingerprint density at radius 2 is 2.22 bits per heavy atom. The second-order valence-electron chi connectivity index (χ2n) is 4.84. The van der Waals surface area contributed by atoms with Gasteiger partial charge >= 0.3 is 0 Å². The Kier molecular flexibility index (Phi) is 9.82. The van der Waals surface area contributed by atoms with Crippen LogP contribution in [-0.2, 0) is 10.0 Å². The van der Waals surface area contributed by atoms with Crippen LogP contribution in [-0.4, -0.2) is 52.1 Å². The summed E-state index contributed by atoms with van der Waals surface area (Å²) in [7, 11) is -1.67. The number of nitrogens with one attached hydrogen (secondary N) is 3. The van der Waals surface area contributed by atoms with E-state index in [2.05, 4.69) is 20.3 Å². The maximum absolute atomic E-state index is 11.9. The molecule has 1 fully saturated rings. The molecule has 0 aliphatic carbocycles.